The van der Waals surface area contributed by atoms with Crippen molar-refractivity contribution >= 4 is 11.4 Å². The van der Waals surface area contributed by atoms with E-state index in [9.17, 15) is 9.30 Å². The highest BCUT2D eigenvalue weighted by Gasteiger charge is 2.25. The number of hydrogen-bond donors (Lipinski definition) is 2. The molecular weight excluding hydrogens is 443 g/mol. The highest BCUT2D eigenvalue weighted by molar-refractivity contribution is 5.60. The quantitative estimate of drug-likeness (QED) is 0.213. The lowest BCUT2D eigenvalue weighted by Gasteiger charge is -2.30. The van der Waals surface area contributed by atoms with Crippen molar-refractivity contribution in [2.24, 2.45) is 11.0 Å². The minimum atomic E-state index is -0.459. The van der Waals surface area contributed by atoms with Gasteiger partial charge < -0.3 is 15.8 Å². The van der Waals surface area contributed by atoms with Crippen LogP contribution in [-0.2, 0) is 24.3 Å². The van der Waals surface area contributed by atoms with Crippen LogP contribution in [0.2, 0.25) is 0 Å². The van der Waals surface area contributed by atoms with E-state index >= 15 is 0 Å². The Morgan fingerprint density at radius 3 is 2.43 bits per heavy atom. The van der Waals surface area contributed by atoms with Gasteiger partial charge in [0.1, 0.15) is 5.82 Å². The van der Waals surface area contributed by atoms with Crippen LogP contribution in [0.5, 0.6) is 0 Å². The summed E-state index contributed by atoms with van der Waals surface area (Å²) >= 11 is 0. The maximum Gasteiger partial charge on any atom is 0.123 e. The molecule has 35 heavy (non-hydrogen) atoms. The Morgan fingerprint density at radius 1 is 1.03 bits per heavy atom. The van der Waals surface area contributed by atoms with Gasteiger partial charge in [0.25, 0.3) is 0 Å². The minimum Gasteiger partial charge on any atom is -0.388 e. The van der Waals surface area contributed by atoms with E-state index in [1.54, 1.807) is 12.1 Å². The molecule has 3 aromatic rings. The van der Waals surface area contributed by atoms with Gasteiger partial charge in [0.05, 0.1) is 30.7 Å². The molecule has 6 nitrogen and oxygen atoms in total. The second-order valence-electron chi connectivity index (χ2n) is 9.03. The average molecular weight is 479 g/mol. The van der Waals surface area contributed by atoms with Crippen molar-refractivity contribution < 1.29 is 9.13 Å². The molecule has 0 radical (unpaired) electrons. The average Bonchev–Trinajstić information content (AvgIpc) is 2.87. The molecule has 3 aromatic carbocycles. The van der Waals surface area contributed by atoms with Gasteiger partial charge in [0.15, 0.2) is 0 Å². The maximum atomic E-state index is 13.2. The summed E-state index contributed by atoms with van der Waals surface area (Å²) in [5, 5.41) is 7.67. The van der Waals surface area contributed by atoms with Crippen LogP contribution >= 0.6 is 0 Å². The second-order valence-corrected chi connectivity index (χ2v) is 9.03. The van der Waals surface area contributed by atoms with Crippen molar-refractivity contribution in [1.29, 1.82) is 0 Å². The zero-order valence-corrected chi connectivity index (χ0v) is 20.5. The number of ether oxygens (including phenoxy) is 1. The summed E-state index contributed by atoms with van der Waals surface area (Å²) in [6, 6.07) is 22.0. The van der Waals surface area contributed by atoms with Gasteiger partial charge in [-0.25, -0.2) is 9.40 Å². The van der Waals surface area contributed by atoms with E-state index in [0.717, 1.165) is 42.5 Å². The van der Waals surface area contributed by atoms with Crippen LogP contribution < -0.4 is 16.1 Å². The van der Waals surface area contributed by atoms with E-state index < -0.39 is 5.54 Å². The summed E-state index contributed by atoms with van der Waals surface area (Å²) in [6.45, 7) is 3.17. The Labute approximate surface area is 207 Å². The van der Waals surface area contributed by atoms with E-state index in [2.05, 4.69) is 29.7 Å². The third kappa shape index (κ3) is 8.16. The van der Waals surface area contributed by atoms with Crippen molar-refractivity contribution in [3.8, 4) is 0 Å². The Kier molecular flexibility index (Phi) is 9.76. The molecule has 0 aromatic heterocycles. The Bertz CT molecular complexity index is 1060. The fraction of sp³-hybridized carbons (Fsp3) is 0.357. The van der Waals surface area contributed by atoms with Crippen LogP contribution in [0.4, 0.5) is 15.8 Å². The molecule has 3 N–H and O–H groups in total. The highest BCUT2D eigenvalue weighted by atomic mass is 19.1. The number of anilines is 2. The second kappa shape index (κ2) is 13.0. The number of nitrogens with zero attached hydrogens (tertiary/aromatic N) is 2. The summed E-state index contributed by atoms with van der Waals surface area (Å²) in [6.07, 6.45) is 3.73. The third-order valence-electron chi connectivity index (χ3n) is 5.99. The van der Waals surface area contributed by atoms with Crippen LogP contribution in [0, 0.1) is 10.7 Å². The molecule has 0 aliphatic heterocycles. The number of nitrogens with one attached hydrogen (secondary N) is 1. The van der Waals surface area contributed by atoms with Crippen molar-refractivity contribution in [2.45, 2.75) is 51.3 Å². The topological polar surface area (TPSA) is 80.0 Å². The van der Waals surface area contributed by atoms with E-state index in [0.29, 0.717) is 18.9 Å². The van der Waals surface area contributed by atoms with Gasteiger partial charge in [0, 0.05) is 18.3 Å². The van der Waals surface area contributed by atoms with Gasteiger partial charge in [-0.1, -0.05) is 62.2 Å². The van der Waals surface area contributed by atoms with Crippen LogP contribution in [0.25, 0.3) is 0 Å². The first-order chi connectivity index (χ1) is 16.9. The minimum absolute atomic E-state index is 0.233. The molecule has 186 valence electrons. The van der Waals surface area contributed by atoms with Gasteiger partial charge in [-0.3, -0.25) is 0 Å². The molecule has 1 atom stereocenters. The molecule has 0 aliphatic carbocycles. The summed E-state index contributed by atoms with van der Waals surface area (Å²) in [7, 11) is 1.82. The lowest BCUT2D eigenvalue weighted by molar-refractivity contribution is 0.0684. The third-order valence-corrected chi connectivity index (χ3v) is 5.99. The van der Waals surface area contributed by atoms with Gasteiger partial charge in [-0.05, 0) is 59.9 Å². The molecule has 1 unspecified atom stereocenters. The summed E-state index contributed by atoms with van der Waals surface area (Å²) in [5.41, 5.74) is 10.7. The van der Waals surface area contributed by atoms with Crippen LogP contribution in [-0.4, -0.2) is 19.2 Å². The summed E-state index contributed by atoms with van der Waals surface area (Å²) in [4.78, 5) is 11.6. The summed E-state index contributed by atoms with van der Waals surface area (Å²) < 4.78 is 19.4. The van der Waals surface area contributed by atoms with Crippen molar-refractivity contribution in [3.63, 3.8) is 0 Å². The maximum absolute atomic E-state index is 13.2. The molecule has 7 heteroatoms. The van der Waals surface area contributed by atoms with Crippen LogP contribution in [0.15, 0.2) is 78.1 Å². The lowest BCUT2D eigenvalue weighted by Crippen LogP contribution is -2.46. The lowest BCUT2D eigenvalue weighted by atomic mass is 9.87. The SMILES string of the molecule is CCCCC(N)(COCc1cc(NC)cc(N(Cc2ccc(F)cc2)N=O)c1)Cc1ccccc1. The predicted octanol–water partition coefficient (Wildman–Crippen LogP) is 6.20. The largest absolute Gasteiger partial charge is 0.388 e. The highest BCUT2D eigenvalue weighted by Crippen LogP contribution is 2.26. The molecule has 0 fully saturated rings. The molecule has 0 amide bonds. The first kappa shape index (κ1) is 26.3. The van der Waals surface area contributed by atoms with Crippen molar-refractivity contribution in [1.82, 2.24) is 0 Å². The van der Waals surface area contributed by atoms with Crippen molar-refractivity contribution in [2.75, 3.05) is 24.0 Å². The van der Waals surface area contributed by atoms with Gasteiger partial charge in [-0.2, -0.15) is 0 Å². The normalized spacial score (nSPS) is 12.7. The molecule has 0 saturated heterocycles. The first-order valence-corrected chi connectivity index (χ1v) is 12.0. The number of nitrogens with two attached hydrogens (primary N) is 1. The summed E-state index contributed by atoms with van der Waals surface area (Å²) in [5.74, 6) is -0.321. The predicted molar refractivity (Wildman–Crippen MR) is 141 cm³/mol. The zero-order valence-electron chi connectivity index (χ0n) is 20.5. The van der Waals surface area contributed by atoms with Gasteiger partial charge >= 0.3 is 0 Å². The van der Waals surface area contributed by atoms with Crippen LogP contribution in [0.3, 0.4) is 0 Å². The van der Waals surface area contributed by atoms with Gasteiger partial charge in [-0.15, -0.1) is 4.91 Å². The molecule has 0 bridgehead atoms. The van der Waals surface area contributed by atoms with Crippen molar-refractivity contribution in [3.05, 3.63) is 100 Å². The molecule has 3 rings (SSSR count). The number of unbranched alkanes of at least 4 members (excludes halogenated alkanes) is 1. The fourth-order valence-corrected chi connectivity index (χ4v) is 4.10. The number of rotatable bonds is 14. The first-order valence-electron chi connectivity index (χ1n) is 12.0. The molecular formula is C28H35FN4O2. The Hall–Kier alpha value is -3.29. The molecule has 0 saturated carbocycles. The molecule has 0 heterocycles. The van der Waals surface area contributed by atoms with Gasteiger partial charge in [0.2, 0.25) is 0 Å². The number of halogens is 1. The number of hydrogen-bond acceptors (Lipinski definition) is 5. The number of nitroso groups, excluding NO2 is 1. The monoisotopic (exact) mass is 478 g/mol. The Balaban J connectivity index is 1.70. The van der Waals surface area contributed by atoms with E-state index in [-0.39, 0.29) is 12.4 Å². The van der Waals surface area contributed by atoms with Crippen LogP contribution in [0.1, 0.15) is 42.9 Å². The van der Waals surface area contributed by atoms with E-state index in [1.807, 2.05) is 43.4 Å². The fourth-order valence-electron chi connectivity index (χ4n) is 4.10. The smallest absolute Gasteiger partial charge is 0.123 e. The molecule has 0 aliphatic rings. The Morgan fingerprint density at radius 2 is 1.77 bits per heavy atom. The standard InChI is InChI=1S/C28H35FN4O2/c1-3-4-14-28(30,18-22-8-6-5-7-9-22)21-35-20-24-15-26(31-2)17-27(16-24)33(32-34)19-23-10-12-25(29)13-11-23/h5-13,15-17,31H,3-4,14,18-21,30H2,1-2H3. The zero-order chi connectivity index (χ0) is 25.1. The number of benzene rings is 3. The molecule has 0 spiro atoms. The van der Waals surface area contributed by atoms with E-state index in [1.165, 1.54) is 22.7 Å². The van der Waals surface area contributed by atoms with E-state index in [4.69, 9.17) is 10.5 Å².